The Bertz CT molecular complexity index is 1340. The molecule has 3 aromatic rings. The molecule has 1 heterocycles. The number of hydrogen-bond donors (Lipinski definition) is 2. The fourth-order valence-electron chi connectivity index (χ4n) is 3.30. The maximum atomic E-state index is 13.0. The Kier molecular flexibility index (Phi) is 6.49. The van der Waals surface area contributed by atoms with E-state index < -0.39 is 40.8 Å². The first-order valence-electron chi connectivity index (χ1n) is 10.2. The van der Waals surface area contributed by atoms with Crippen molar-refractivity contribution >= 4 is 40.9 Å². The van der Waals surface area contributed by atoms with Crippen LogP contribution in [0.3, 0.4) is 0 Å². The third-order valence-electron chi connectivity index (χ3n) is 4.90. The zero-order valence-corrected chi connectivity index (χ0v) is 17.9. The van der Waals surface area contributed by atoms with Gasteiger partial charge in [0, 0.05) is 17.3 Å². The minimum absolute atomic E-state index is 0.0576. The van der Waals surface area contributed by atoms with Crippen molar-refractivity contribution in [1.29, 1.82) is 0 Å². The second-order valence-electron chi connectivity index (χ2n) is 7.27. The van der Waals surface area contributed by atoms with Crippen molar-refractivity contribution in [2.24, 2.45) is 0 Å². The number of halogens is 1. The van der Waals surface area contributed by atoms with Crippen LogP contribution < -0.4 is 20.5 Å². The number of anilines is 2. The fourth-order valence-corrected chi connectivity index (χ4v) is 3.30. The topological polar surface area (TPSA) is 131 Å². The van der Waals surface area contributed by atoms with Crippen LogP contribution in [0.1, 0.15) is 5.56 Å². The number of nitrogens with zero attached hydrogens (tertiary/aromatic N) is 2. The van der Waals surface area contributed by atoms with Crippen molar-refractivity contribution in [3.05, 3.63) is 99.9 Å². The van der Waals surface area contributed by atoms with Crippen molar-refractivity contribution in [2.75, 3.05) is 16.9 Å². The van der Waals surface area contributed by atoms with E-state index >= 15 is 0 Å². The van der Waals surface area contributed by atoms with Gasteiger partial charge in [-0.2, -0.15) is 0 Å². The van der Waals surface area contributed by atoms with E-state index in [9.17, 15) is 28.9 Å². The van der Waals surface area contributed by atoms with Gasteiger partial charge in [-0.05, 0) is 42.5 Å². The predicted octanol–water partition coefficient (Wildman–Crippen LogP) is 3.21. The number of rotatable bonds is 7. The van der Waals surface area contributed by atoms with Crippen LogP contribution in [-0.2, 0) is 14.4 Å². The molecule has 2 N–H and O–H groups in total. The number of ether oxygens (including phenoxy) is 1. The van der Waals surface area contributed by atoms with Gasteiger partial charge in [-0.3, -0.25) is 29.9 Å². The van der Waals surface area contributed by atoms with Crippen molar-refractivity contribution in [1.82, 2.24) is 5.43 Å². The Morgan fingerprint density at radius 3 is 2.46 bits per heavy atom. The maximum Gasteiger partial charge on any atom is 0.311 e. The van der Waals surface area contributed by atoms with Crippen LogP contribution in [0.5, 0.6) is 5.75 Å². The molecule has 0 saturated carbocycles. The number of nitro groups is 1. The monoisotopic (exact) mass is 476 g/mol. The lowest BCUT2D eigenvalue weighted by Crippen LogP contribution is -2.35. The quantitative estimate of drug-likeness (QED) is 0.233. The Morgan fingerprint density at radius 1 is 1.06 bits per heavy atom. The zero-order valence-electron chi connectivity index (χ0n) is 17.9. The molecule has 1 aliphatic rings. The summed E-state index contributed by atoms with van der Waals surface area (Å²) < 4.78 is 18.5. The minimum atomic E-state index is -0.706. The number of para-hydroxylation sites is 2. The Hall–Kier alpha value is -5.06. The third kappa shape index (κ3) is 5.14. The highest BCUT2D eigenvalue weighted by molar-refractivity contribution is 6.31. The highest BCUT2D eigenvalue weighted by atomic mass is 19.1. The molecule has 1 fully saturated rings. The van der Waals surface area contributed by atoms with Gasteiger partial charge in [0.15, 0.2) is 6.61 Å². The van der Waals surface area contributed by atoms with E-state index in [0.717, 1.165) is 17.1 Å². The smallest absolute Gasteiger partial charge is 0.311 e. The number of nitrogens with one attached hydrogen (secondary N) is 2. The van der Waals surface area contributed by atoms with Gasteiger partial charge in [-0.25, -0.2) is 9.40 Å². The first-order chi connectivity index (χ1) is 16.8. The molecule has 0 aliphatic carbocycles. The second-order valence-corrected chi connectivity index (χ2v) is 7.27. The van der Waals surface area contributed by atoms with E-state index in [-0.39, 0.29) is 16.9 Å². The summed E-state index contributed by atoms with van der Waals surface area (Å²) >= 11 is 0. The molecule has 35 heavy (non-hydrogen) atoms. The van der Waals surface area contributed by atoms with Crippen molar-refractivity contribution < 1.29 is 28.4 Å². The number of hydrogen-bond acceptors (Lipinski definition) is 6. The molecular weight excluding hydrogens is 459 g/mol. The molecule has 3 amide bonds. The number of amides is 3. The summed E-state index contributed by atoms with van der Waals surface area (Å²) in [6.07, 6.45) is 1.17. The molecule has 0 aromatic heterocycles. The number of hydrazine groups is 1. The number of benzene rings is 3. The van der Waals surface area contributed by atoms with Crippen molar-refractivity contribution in [2.45, 2.75) is 0 Å². The van der Waals surface area contributed by atoms with E-state index in [0.29, 0.717) is 11.4 Å². The van der Waals surface area contributed by atoms with E-state index in [1.807, 2.05) is 0 Å². The molecule has 0 atom stereocenters. The number of carbonyl (C=O) groups excluding carboxylic acids is 3. The molecule has 4 rings (SSSR count). The van der Waals surface area contributed by atoms with Gasteiger partial charge in [0.25, 0.3) is 17.7 Å². The second kappa shape index (κ2) is 9.83. The normalized spacial score (nSPS) is 14.1. The molecule has 3 aromatic carbocycles. The lowest BCUT2D eigenvalue weighted by atomic mass is 10.1. The van der Waals surface area contributed by atoms with Crippen molar-refractivity contribution in [3.8, 4) is 5.75 Å². The molecule has 0 bridgehead atoms. The van der Waals surface area contributed by atoms with Crippen LogP contribution >= 0.6 is 0 Å². The van der Waals surface area contributed by atoms with Gasteiger partial charge in [-0.1, -0.05) is 30.3 Å². The Labute approximate surface area is 197 Å². The van der Waals surface area contributed by atoms with Gasteiger partial charge in [-0.15, -0.1) is 0 Å². The molecule has 1 saturated heterocycles. The molecule has 10 nitrogen and oxygen atoms in total. The average Bonchev–Trinajstić information content (AvgIpc) is 3.13. The van der Waals surface area contributed by atoms with Gasteiger partial charge in [0.2, 0.25) is 5.75 Å². The lowest BCUT2D eigenvalue weighted by Gasteiger charge is -2.14. The van der Waals surface area contributed by atoms with E-state index in [4.69, 9.17) is 4.74 Å². The SMILES string of the molecule is O=C(COc1c(C=C2C(=O)NN(c3ccccc3)C2=O)cccc1[N+](=O)[O-])Nc1ccc(F)cc1. The predicted molar refractivity (Wildman–Crippen MR) is 124 cm³/mol. The molecular formula is C24H17FN4O6. The fraction of sp³-hybridized carbons (Fsp3) is 0.0417. The molecule has 0 radical (unpaired) electrons. The summed E-state index contributed by atoms with van der Waals surface area (Å²) in [5.74, 6) is -2.79. The highest BCUT2D eigenvalue weighted by Crippen LogP contribution is 2.33. The summed E-state index contributed by atoms with van der Waals surface area (Å²) in [7, 11) is 0. The van der Waals surface area contributed by atoms with E-state index in [2.05, 4.69) is 10.7 Å². The first kappa shape index (κ1) is 23.1. The van der Waals surface area contributed by atoms with Gasteiger partial charge >= 0.3 is 5.69 Å². The largest absolute Gasteiger partial charge is 0.476 e. The van der Waals surface area contributed by atoms with Gasteiger partial charge in [0.05, 0.1) is 10.6 Å². The summed E-state index contributed by atoms with van der Waals surface area (Å²) in [6.45, 7) is -0.616. The molecule has 1 aliphatic heterocycles. The summed E-state index contributed by atoms with van der Waals surface area (Å²) in [5, 5.41) is 15.1. The van der Waals surface area contributed by atoms with Crippen LogP contribution in [0.25, 0.3) is 6.08 Å². The van der Waals surface area contributed by atoms with Crippen LogP contribution in [-0.4, -0.2) is 29.3 Å². The lowest BCUT2D eigenvalue weighted by molar-refractivity contribution is -0.385. The zero-order chi connectivity index (χ0) is 24.9. The molecule has 11 heteroatoms. The Morgan fingerprint density at radius 2 is 1.77 bits per heavy atom. The van der Waals surface area contributed by atoms with Gasteiger partial charge in [0.1, 0.15) is 11.4 Å². The van der Waals surface area contributed by atoms with Crippen LogP contribution in [0.15, 0.2) is 78.4 Å². The highest BCUT2D eigenvalue weighted by Gasteiger charge is 2.35. The Balaban J connectivity index is 1.59. The molecule has 176 valence electrons. The molecule has 0 spiro atoms. The first-order valence-corrected chi connectivity index (χ1v) is 10.2. The van der Waals surface area contributed by atoms with Crippen LogP contribution in [0.2, 0.25) is 0 Å². The average molecular weight is 476 g/mol. The number of carbonyl (C=O) groups is 3. The van der Waals surface area contributed by atoms with E-state index in [1.165, 1.54) is 36.4 Å². The number of nitro benzene ring substituents is 1. The van der Waals surface area contributed by atoms with E-state index in [1.54, 1.807) is 30.3 Å². The van der Waals surface area contributed by atoms with Crippen LogP contribution in [0.4, 0.5) is 21.5 Å². The van der Waals surface area contributed by atoms with Crippen LogP contribution in [0, 0.1) is 15.9 Å². The van der Waals surface area contributed by atoms with Crippen molar-refractivity contribution in [3.63, 3.8) is 0 Å². The molecule has 0 unspecified atom stereocenters. The standard InChI is InChI=1S/C24H17FN4O6/c25-16-9-11-17(12-10-16)26-21(30)14-35-22-15(5-4-8-20(22)29(33)34)13-19-23(31)27-28(24(19)32)18-6-2-1-3-7-18/h1-13H,14H2,(H,26,30)(H,27,31). The maximum absolute atomic E-state index is 13.0. The summed E-state index contributed by atoms with van der Waals surface area (Å²) in [6, 6.07) is 17.3. The third-order valence-corrected chi connectivity index (χ3v) is 4.90. The minimum Gasteiger partial charge on any atom is -0.476 e. The van der Waals surface area contributed by atoms with Gasteiger partial charge < -0.3 is 10.1 Å². The summed E-state index contributed by atoms with van der Waals surface area (Å²) in [5.41, 5.74) is 2.51. The summed E-state index contributed by atoms with van der Waals surface area (Å²) in [4.78, 5) is 48.5.